The highest BCUT2D eigenvalue weighted by Gasteiger charge is 2.39. The van der Waals surface area contributed by atoms with Crippen LogP contribution in [0.2, 0.25) is 0 Å². The van der Waals surface area contributed by atoms with Crippen LogP contribution in [0.3, 0.4) is 0 Å². The van der Waals surface area contributed by atoms with E-state index in [1.807, 2.05) is 17.0 Å². The van der Waals surface area contributed by atoms with Crippen molar-refractivity contribution in [3.63, 3.8) is 0 Å². The summed E-state index contributed by atoms with van der Waals surface area (Å²) in [5, 5.41) is 11.3. The number of carbonyl (C=O) groups is 1. The second-order valence-electron chi connectivity index (χ2n) is 6.54. The van der Waals surface area contributed by atoms with Gasteiger partial charge in [0, 0.05) is 25.3 Å². The molecule has 1 saturated heterocycles. The minimum Gasteiger partial charge on any atom is -0.366 e. The Hall–Kier alpha value is -1.40. The van der Waals surface area contributed by atoms with Gasteiger partial charge in [0.25, 0.3) is 0 Å². The molecule has 0 radical (unpaired) electrons. The zero-order valence-electron chi connectivity index (χ0n) is 13.4. The minimum atomic E-state index is -0.608. The molecule has 2 fully saturated rings. The maximum absolute atomic E-state index is 12.7. The number of hydrogen-bond donors (Lipinski definition) is 2. The van der Waals surface area contributed by atoms with Gasteiger partial charge in [-0.3, -0.25) is 4.79 Å². The first-order valence-corrected chi connectivity index (χ1v) is 8.30. The second-order valence-corrected chi connectivity index (χ2v) is 6.54. The van der Waals surface area contributed by atoms with Crippen molar-refractivity contribution in [1.82, 2.24) is 15.1 Å². The van der Waals surface area contributed by atoms with Gasteiger partial charge in [-0.15, -0.1) is 17.5 Å². The lowest BCUT2D eigenvalue weighted by Crippen LogP contribution is -2.58. The second kappa shape index (κ2) is 7.93. The normalized spacial score (nSPS) is 21.3. The molecule has 1 aliphatic carbocycles. The SMILES string of the molecule is Cl.NC1(C(=O)N2CCC(Nc3cccnn3)CC2)CCCCC1. The van der Waals surface area contributed by atoms with Crippen LogP contribution in [-0.2, 0) is 4.79 Å². The molecule has 2 aliphatic rings. The monoisotopic (exact) mass is 339 g/mol. The van der Waals surface area contributed by atoms with Crippen molar-refractivity contribution in [2.24, 2.45) is 5.73 Å². The van der Waals surface area contributed by atoms with E-state index in [2.05, 4.69) is 15.5 Å². The lowest BCUT2D eigenvalue weighted by Gasteiger charge is -2.40. The Morgan fingerprint density at radius 1 is 1.26 bits per heavy atom. The van der Waals surface area contributed by atoms with Crippen LogP contribution in [0.1, 0.15) is 44.9 Å². The highest BCUT2D eigenvalue weighted by atomic mass is 35.5. The van der Waals surface area contributed by atoms with Crippen molar-refractivity contribution in [3.8, 4) is 0 Å². The molecule has 0 atom stereocenters. The first-order chi connectivity index (χ1) is 10.7. The molecule has 1 aromatic rings. The Balaban J connectivity index is 0.00000192. The van der Waals surface area contributed by atoms with E-state index in [0.717, 1.165) is 57.4 Å². The quantitative estimate of drug-likeness (QED) is 0.879. The highest BCUT2D eigenvalue weighted by Crippen LogP contribution is 2.29. The molecule has 128 valence electrons. The topological polar surface area (TPSA) is 84.1 Å². The van der Waals surface area contributed by atoms with Crippen molar-refractivity contribution in [2.75, 3.05) is 18.4 Å². The average molecular weight is 340 g/mol. The first kappa shape index (κ1) is 17.9. The standard InChI is InChI=1S/C16H25N5O.ClH/c17-16(8-2-1-3-9-16)15(22)21-11-6-13(7-12-21)19-14-5-4-10-18-20-14;/h4-5,10,13H,1-3,6-9,11-12,17H2,(H,19,20);1H. The largest absolute Gasteiger partial charge is 0.366 e. The number of anilines is 1. The Kier molecular flexibility index (Phi) is 6.18. The van der Waals surface area contributed by atoms with Gasteiger partial charge in [-0.25, -0.2) is 0 Å². The summed E-state index contributed by atoms with van der Waals surface area (Å²) in [6.07, 6.45) is 8.55. The molecule has 23 heavy (non-hydrogen) atoms. The van der Waals surface area contributed by atoms with E-state index in [9.17, 15) is 4.79 Å². The number of nitrogens with two attached hydrogens (primary N) is 1. The zero-order valence-corrected chi connectivity index (χ0v) is 14.2. The van der Waals surface area contributed by atoms with Crippen LogP contribution in [0.25, 0.3) is 0 Å². The van der Waals surface area contributed by atoms with E-state index in [0.29, 0.717) is 6.04 Å². The molecule has 0 spiro atoms. The van der Waals surface area contributed by atoms with Crippen molar-refractivity contribution in [3.05, 3.63) is 18.3 Å². The number of nitrogens with one attached hydrogen (secondary N) is 1. The van der Waals surface area contributed by atoms with E-state index in [4.69, 9.17) is 5.73 Å². The highest BCUT2D eigenvalue weighted by molar-refractivity contribution is 5.86. The molecular weight excluding hydrogens is 314 g/mol. The van der Waals surface area contributed by atoms with Gasteiger partial charge in [0.2, 0.25) is 5.91 Å². The van der Waals surface area contributed by atoms with Crippen molar-refractivity contribution in [2.45, 2.75) is 56.5 Å². The van der Waals surface area contributed by atoms with Gasteiger partial charge < -0.3 is 16.0 Å². The number of hydrogen-bond acceptors (Lipinski definition) is 5. The van der Waals surface area contributed by atoms with Crippen LogP contribution in [0, 0.1) is 0 Å². The molecule has 0 unspecified atom stereocenters. The Labute approximate surface area is 143 Å². The molecule has 1 aliphatic heterocycles. The summed E-state index contributed by atoms with van der Waals surface area (Å²) in [7, 11) is 0. The van der Waals surface area contributed by atoms with Crippen molar-refractivity contribution in [1.29, 1.82) is 0 Å². The van der Waals surface area contributed by atoms with E-state index in [-0.39, 0.29) is 18.3 Å². The van der Waals surface area contributed by atoms with Gasteiger partial charge in [-0.05, 0) is 37.8 Å². The fourth-order valence-electron chi connectivity index (χ4n) is 3.53. The number of aromatic nitrogens is 2. The Morgan fingerprint density at radius 3 is 2.57 bits per heavy atom. The summed E-state index contributed by atoms with van der Waals surface area (Å²) in [6, 6.07) is 4.14. The van der Waals surface area contributed by atoms with Gasteiger partial charge in [-0.2, -0.15) is 5.10 Å². The summed E-state index contributed by atoms with van der Waals surface area (Å²) >= 11 is 0. The summed E-state index contributed by atoms with van der Waals surface area (Å²) in [5.41, 5.74) is 5.76. The summed E-state index contributed by atoms with van der Waals surface area (Å²) in [5.74, 6) is 0.958. The fourth-order valence-corrected chi connectivity index (χ4v) is 3.53. The lowest BCUT2D eigenvalue weighted by atomic mass is 9.81. The van der Waals surface area contributed by atoms with Crippen LogP contribution in [0.15, 0.2) is 18.3 Å². The third-order valence-electron chi connectivity index (χ3n) is 4.88. The number of halogens is 1. The fraction of sp³-hybridized carbons (Fsp3) is 0.688. The van der Waals surface area contributed by atoms with E-state index < -0.39 is 5.54 Å². The number of rotatable bonds is 3. The van der Waals surface area contributed by atoms with Crippen molar-refractivity contribution >= 4 is 24.1 Å². The zero-order chi connectivity index (χ0) is 15.4. The maximum atomic E-state index is 12.7. The smallest absolute Gasteiger partial charge is 0.242 e. The molecular formula is C16H26ClN5O. The third kappa shape index (κ3) is 4.32. The molecule has 1 saturated carbocycles. The predicted molar refractivity (Wildman–Crippen MR) is 92.5 cm³/mol. The Morgan fingerprint density at radius 2 is 1.96 bits per heavy atom. The van der Waals surface area contributed by atoms with Crippen molar-refractivity contribution < 1.29 is 4.79 Å². The van der Waals surface area contributed by atoms with Crippen LogP contribution in [-0.4, -0.2) is 45.7 Å². The molecule has 0 aromatic carbocycles. The molecule has 7 heteroatoms. The maximum Gasteiger partial charge on any atom is 0.242 e. The number of amides is 1. The first-order valence-electron chi connectivity index (χ1n) is 8.30. The van der Waals surface area contributed by atoms with E-state index in [1.54, 1.807) is 6.20 Å². The van der Waals surface area contributed by atoms with Gasteiger partial charge in [0.1, 0.15) is 5.82 Å². The Bertz CT molecular complexity index is 498. The van der Waals surface area contributed by atoms with Gasteiger partial charge in [0.15, 0.2) is 0 Å². The summed E-state index contributed by atoms with van der Waals surface area (Å²) in [4.78, 5) is 14.7. The molecule has 3 rings (SSSR count). The van der Waals surface area contributed by atoms with Crippen LogP contribution < -0.4 is 11.1 Å². The predicted octanol–water partition coefficient (Wildman–Crippen LogP) is 1.96. The number of likely N-dealkylation sites (tertiary alicyclic amines) is 1. The summed E-state index contributed by atoms with van der Waals surface area (Å²) < 4.78 is 0. The number of nitrogens with zero attached hydrogens (tertiary/aromatic N) is 3. The van der Waals surface area contributed by atoms with Crippen LogP contribution in [0.4, 0.5) is 5.82 Å². The minimum absolute atomic E-state index is 0. The molecule has 1 amide bonds. The van der Waals surface area contributed by atoms with Gasteiger partial charge in [-0.1, -0.05) is 19.3 Å². The molecule has 2 heterocycles. The number of carbonyl (C=O) groups excluding carboxylic acids is 1. The van der Waals surface area contributed by atoms with E-state index in [1.165, 1.54) is 6.42 Å². The van der Waals surface area contributed by atoms with Crippen LogP contribution in [0.5, 0.6) is 0 Å². The van der Waals surface area contributed by atoms with Gasteiger partial charge in [0.05, 0.1) is 5.54 Å². The third-order valence-corrected chi connectivity index (χ3v) is 4.88. The van der Waals surface area contributed by atoms with Gasteiger partial charge >= 0.3 is 0 Å². The number of piperidine rings is 1. The molecule has 1 aromatic heterocycles. The van der Waals surface area contributed by atoms with Crippen LogP contribution >= 0.6 is 12.4 Å². The lowest BCUT2D eigenvalue weighted by molar-refractivity contribution is -0.139. The molecule has 3 N–H and O–H groups in total. The molecule has 6 nitrogen and oxygen atoms in total. The average Bonchev–Trinajstić information content (AvgIpc) is 2.56. The molecule has 0 bridgehead atoms. The summed E-state index contributed by atoms with van der Waals surface area (Å²) in [6.45, 7) is 1.55. The van der Waals surface area contributed by atoms with E-state index >= 15 is 0 Å².